The average Bonchev–Trinajstić information content (AvgIpc) is 2.93. The number of ether oxygens (including phenoxy) is 1. The maximum absolute atomic E-state index is 13.4. The minimum absolute atomic E-state index is 0.209. The van der Waals surface area contributed by atoms with E-state index >= 15 is 0 Å². The van der Waals surface area contributed by atoms with Gasteiger partial charge in [0.05, 0.1) is 12.6 Å². The van der Waals surface area contributed by atoms with Crippen molar-refractivity contribution < 1.29 is 19.1 Å². The van der Waals surface area contributed by atoms with E-state index in [1.807, 2.05) is 103 Å². The van der Waals surface area contributed by atoms with Crippen LogP contribution in [0.2, 0.25) is 0 Å². The lowest BCUT2D eigenvalue weighted by Gasteiger charge is -2.49. The summed E-state index contributed by atoms with van der Waals surface area (Å²) in [5, 5.41) is 2.82. The lowest BCUT2D eigenvalue weighted by atomic mass is 9.89. The Hall–Kier alpha value is -4.45. The zero-order valence-corrected chi connectivity index (χ0v) is 20.7. The van der Waals surface area contributed by atoms with Crippen molar-refractivity contribution in [2.24, 2.45) is 0 Å². The quantitative estimate of drug-likeness (QED) is 0.259. The van der Waals surface area contributed by atoms with E-state index in [0.29, 0.717) is 6.42 Å². The number of β-lactam (4-membered cyclic amide) rings is 1. The molecule has 1 aliphatic rings. The van der Waals surface area contributed by atoms with Gasteiger partial charge in [0.1, 0.15) is 12.1 Å². The molecule has 0 bridgehead atoms. The van der Waals surface area contributed by atoms with Gasteiger partial charge in [-0.3, -0.25) is 9.59 Å². The van der Waals surface area contributed by atoms with Crippen LogP contribution in [-0.2, 0) is 25.5 Å². The predicted octanol–water partition coefficient (Wildman–Crippen LogP) is 4.28. The number of hydrogen-bond acceptors (Lipinski definition) is 4. The largest absolute Gasteiger partial charge is 0.464 e. The molecule has 0 aromatic heterocycles. The maximum Gasteiger partial charge on any atom is 0.329 e. The van der Waals surface area contributed by atoms with Crippen LogP contribution in [0.5, 0.6) is 0 Å². The van der Waals surface area contributed by atoms with Crippen molar-refractivity contribution in [3.63, 3.8) is 0 Å². The Morgan fingerprint density at radius 1 is 0.892 bits per heavy atom. The molecule has 1 aliphatic heterocycles. The van der Waals surface area contributed by atoms with E-state index in [0.717, 1.165) is 16.7 Å². The van der Waals surface area contributed by atoms with Gasteiger partial charge in [-0.2, -0.15) is 0 Å². The number of hydrogen-bond donors (Lipinski definition) is 1. The summed E-state index contributed by atoms with van der Waals surface area (Å²) in [6, 6.07) is 26.5. The molecule has 2 amide bonds. The summed E-state index contributed by atoms with van der Waals surface area (Å²) in [4.78, 5) is 40.6. The third-order valence-corrected chi connectivity index (χ3v) is 6.16. The molecule has 1 heterocycles. The molecule has 4 rings (SSSR count). The van der Waals surface area contributed by atoms with E-state index in [1.54, 1.807) is 13.0 Å². The van der Waals surface area contributed by atoms with Crippen LogP contribution in [0, 0.1) is 0 Å². The fourth-order valence-corrected chi connectivity index (χ4v) is 4.33. The van der Waals surface area contributed by atoms with Gasteiger partial charge in [0.15, 0.2) is 0 Å². The molecule has 1 fully saturated rings. The number of nitrogens with zero attached hydrogens (tertiary/aromatic N) is 1. The monoisotopic (exact) mass is 494 g/mol. The summed E-state index contributed by atoms with van der Waals surface area (Å²) in [6.07, 6.45) is 7.18. The number of amides is 2. The molecule has 37 heavy (non-hydrogen) atoms. The number of esters is 1. The average molecular weight is 495 g/mol. The number of nitrogens with one attached hydrogen (secondary N) is 1. The Bertz CT molecular complexity index is 1260. The molecule has 0 spiro atoms. The summed E-state index contributed by atoms with van der Waals surface area (Å²) in [7, 11) is 0. The van der Waals surface area contributed by atoms with Gasteiger partial charge in [-0.05, 0) is 29.7 Å². The lowest BCUT2D eigenvalue weighted by molar-refractivity contribution is -0.166. The highest BCUT2D eigenvalue weighted by molar-refractivity contribution is 6.00. The Morgan fingerprint density at radius 2 is 1.46 bits per heavy atom. The first kappa shape index (κ1) is 25.6. The van der Waals surface area contributed by atoms with Gasteiger partial charge in [0, 0.05) is 12.5 Å². The fourth-order valence-electron chi connectivity index (χ4n) is 4.33. The molecule has 6 heteroatoms. The predicted molar refractivity (Wildman–Crippen MR) is 144 cm³/mol. The number of likely N-dealkylation sites (tertiary alicyclic amines) is 1. The Kier molecular flexibility index (Phi) is 8.66. The highest BCUT2D eigenvalue weighted by Gasteiger charge is 2.51. The number of carbonyl (C=O) groups is 3. The summed E-state index contributed by atoms with van der Waals surface area (Å²) >= 11 is 0. The number of benzene rings is 3. The summed E-state index contributed by atoms with van der Waals surface area (Å²) in [6.45, 7) is 1.95. The van der Waals surface area contributed by atoms with Gasteiger partial charge in [-0.15, -0.1) is 0 Å². The van der Waals surface area contributed by atoms with Crippen LogP contribution >= 0.6 is 0 Å². The van der Waals surface area contributed by atoms with E-state index in [2.05, 4.69) is 5.32 Å². The van der Waals surface area contributed by atoms with Crippen LogP contribution in [0.4, 0.5) is 0 Å². The molecule has 1 saturated heterocycles. The van der Waals surface area contributed by atoms with Crippen LogP contribution in [0.1, 0.15) is 23.6 Å². The van der Waals surface area contributed by atoms with Crippen molar-refractivity contribution in [1.29, 1.82) is 0 Å². The van der Waals surface area contributed by atoms with E-state index in [-0.39, 0.29) is 18.4 Å². The van der Waals surface area contributed by atoms with Crippen molar-refractivity contribution in [3.8, 4) is 0 Å². The second-order valence-electron chi connectivity index (χ2n) is 8.69. The number of carbonyl (C=O) groups excluding carboxylic acids is 3. The first-order valence-corrected chi connectivity index (χ1v) is 12.4. The van der Waals surface area contributed by atoms with E-state index in [9.17, 15) is 14.4 Å². The fraction of sp³-hybridized carbons (Fsp3) is 0.194. The van der Waals surface area contributed by atoms with Crippen LogP contribution < -0.4 is 5.32 Å². The third kappa shape index (κ3) is 6.61. The van der Waals surface area contributed by atoms with Gasteiger partial charge < -0.3 is 15.0 Å². The van der Waals surface area contributed by atoms with Gasteiger partial charge in [0.2, 0.25) is 11.8 Å². The van der Waals surface area contributed by atoms with Crippen molar-refractivity contribution >= 4 is 29.9 Å². The van der Waals surface area contributed by atoms with E-state index < -0.39 is 24.1 Å². The molecule has 3 atom stereocenters. The lowest BCUT2D eigenvalue weighted by Crippen LogP contribution is -2.73. The van der Waals surface area contributed by atoms with Crippen molar-refractivity contribution in [3.05, 3.63) is 120 Å². The van der Waals surface area contributed by atoms with Crippen LogP contribution in [0.15, 0.2) is 103 Å². The second-order valence-corrected chi connectivity index (χ2v) is 8.69. The zero-order valence-electron chi connectivity index (χ0n) is 20.7. The smallest absolute Gasteiger partial charge is 0.329 e. The van der Waals surface area contributed by atoms with Crippen molar-refractivity contribution in [2.45, 2.75) is 31.5 Å². The van der Waals surface area contributed by atoms with Gasteiger partial charge in [-0.1, -0.05) is 103 Å². The number of rotatable bonds is 10. The molecule has 3 aromatic carbocycles. The molecule has 0 saturated carbocycles. The molecule has 188 valence electrons. The molecular formula is C31H30N2O4. The molecule has 6 nitrogen and oxygen atoms in total. The van der Waals surface area contributed by atoms with Crippen molar-refractivity contribution in [1.82, 2.24) is 10.2 Å². The van der Waals surface area contributed by atoms with Crippen LogP contribution in [0.25, 0.3) is 12.2 Å². The highest BCUT2D eigenvalue weighted by Crippen LogP contribution is 2.28. The topological polar surface area (TPSA) is 75.7 Å². The first-order chi connectivity index (χ1) is 18.1. The normalized spacial score (nSPS) is 18.0. The van der Waals surface area contributed by atoms with Crippen molar-refractivity contribution in [2.75, 3.05) is 6.61 Å². The van der Waals surface area contributed by atoms with Crippen LogP contribution in [0.3, 0.4) is 0 Å². The minimum atomic E-state index is -0.812. The first-order valence-electron chi connectivity index (χ1n) is 12.4. The minimum Gasteiger partial charge on any atom is -0.464 e. The maximum atomic E-state index is 13.4. The van der Waals surface area contributed by atoms with Gasteiger partial charge >= 0.3 is 5.97 Å². The van der Waals surface area contributed by atoms with E-state index in [4.69, 9.17) is 4.74 Å². The Morgan fingerprint density at radius 3 is 2.05 bits per heavy atom. The van der Waals surface area contributed by atoms with Gasteiger partial charge in [-0.25, -0.2) is 4.79 Å². The summed E-state index contributed by atoms with van der Waals surface area (Å²) in [5.74, 6) is -1.17. The standard InChI is InChI=1S/C31H30N2O4/c1-2-37-31(36)27(22-25-16-10-5-11-17-25)33-26(20-18-23-12-6-3-7-13-23)29(30(33)35)32-28(34)21-19-24-14-8-4-9-15-24/h3-21,26-27,29H,2,22H2,1H3,(H,32,34)/b20-18+,21-19+. The zero-order chi connectivity index (χ0) is 26.0. The van der Waals surface area contributed by atoms with Gasteiger partial charge in [0.25, 0.3) is 0 Å². The molecule has 0 radical (unpaired) electrons. The van der Waals surface area contributed by atoms with Crippen LogP contribution in [-0.4, -0.2) is 47.4 Å². The highest BCUT2D eigenvalue weighted by atomic mass is 16.5. The molecule has 3 aromatic rings. The third-order valence-electron chi connectivity index (χ3n) is 6.16. The molecule has 3 unspecified atom stereocenters. The SMILES string of the molecule is CCOC(=O)C(Cc1ccccc1)N1C(=O)C(NC(=O)/C=C/c2ccccc2)C1/C=C/c1ccccc1. The summed E-state index contributed by atoms with van der Waals surface area (Å²) < 4.78 is 5.34. The summed E-state index contributed by atoms with van der Waals surface area (Å²) in [5.41, 5.74) is 2.74. The molecule has 1 N–H and O–H groups in total. The molecule has 0 aliphatic carbocycles. The second kappa shape index (κ2) is 12.5. The Balaban J connectivity index is 1.58. The molecular weight excluding hydrogens is 464 g/mol. The van der Waals surface area contributed by atoms with E-state index in [1.165, 1.54) is 11.0 Å². The Labute approximate surface area is 217 Å².